The maximum Gasteiger partial charge on any atom is 0.442 e. The molecule has 2 aromatic rings. The van der Waals surface area contributed by atoms with E-state index >= 15 is 0 Å². The zero-order chi connectivity index (χ0) is 18.6. The second-order valence-corrected chi connectivity index (χ2v) is 9.31. The first-order chi connectivity index (χ1) is 11.7. The highest BCUT2D eigenvalue weighted by atomic mass is 79.9. The van der Waals surface area contributed by atoms with Crippen LogP contribution in [0.15, 0.2) is 40.9 Å². The summed E-state index contributed by atoms with van der Waals surface area (Å²) in [7, 11) is -5.00. The van der Waals surface area contributed by atoms with E-state index in [4.69, 9.17) is 28.1 Å². The Morgan fingerprint density at radius 2 is 1.92 bits per heavy atom. The topological polar surface area (TPSA) is 46.5 Å². The highest BCUT2D eigenvalue weighted by Crippen LogP contribution is 2.50. The highest BCUT2D eigenvalue weighted by Gasteiger charge is 2.34. The van der Waals surface area contributed by atoms with Gasteiger partial charge in [0.1, 0.15) is 5.75 Å². The first-order valence-corrected chi connectivity index (χ1v) is 11.1. The van der Waals surface area contributed by atoms with E-state index in [2.05, 4.69) is 20.5 Å². The van der Waals surface area contributed by atoms with Crippen molar-refractivity contribution in [1.82, 2.24) is 0 Å². The van der Waals surface area contributed by atoms with Crippen LogP contribution in [0.1, 0.15) is 11.1 Å². The van der Waals surface area contributed by atoms with Gasteiger partial charge in [-0.25, -0.2) is 4.57 Å². The van der Waals surface area contributed by atoms with Gasteiger partial charge in [0.25, 0.3) is 0 Å². The van der Waals surface area contributed by atoms with Gasteiger partial charge in [-0.15, -0.1) is 0 Å². The van der Waals surface area contributed by atoms with Crippen molar-refractivity contribution >= 4 is 58.5 Å². The molecule has 1 unspecified atom stereocenters. The Morgan fingerprint density at radius 1 is 1.20 bits per heavy atom. The first kappa shape index (κ1) is 21.0. The SMILES string of the molecule is O=P(O)(Oc1ccc(CSCc2cc(Cl)ccc2Cl)cc1Br)C(F)F. The summed E-state index contributed by atoms with van der Waals surface area (Å²) in [5.74, 6) is 1.15. The molecular formula is C15H12BrCl2F2O3PS. The van der Waals surface area contributed by atoms with E-state index in [1.165, 1.54) is 6.07 Å². The third kappa shape index (κ3) is 6.12. The number of hydrogen-bond acceptors (Lipinski definition) is 3. The zero-order valence-electron chi connectivity index (χ0n) is 12.5. The molecule has 1 atom stereocenters. The fourth-order valence-corrected chi connectivity index (χ4v) is 4.41. The lowest BCUT2D eigenvalue weighted by Gasteiger charge is -2.14. The lowest BCUT2D eigenvalue weighted by atomic mass is 10.2. The largest absolute Gasteiger partial charge is 0.442 e. The minimum Gasteiger partial charge on any atom is -0.420 e. The van der Waals surface area contributed by atoms with Crippen LogP contribution in [-0.2, 0) is 16.1 Å². The molecule has 0 amide bonds. The molecule has 0 aliphatic rings. The highest BCUT2D eigenvalue weighted by molar-refractivity contribution is 9.10. The minimum absolute atomic E-state index is 0.113. The van der Waals surface area contributed by atoms with Gasteiger partial charge in [0.2, 0.25) is 0 Å². The average Bonchev–Trinajstić information content (AvgIpc) is 2.53. The van der Waals surface area contributed by atoms with Gasteiger partial charge in [-0.05, 0) is 57.4 Å². The Kier molecular flexibility index (Phi) is 7.62. The van der Waals surface area contributed by atoms with E-state index in [1.54, 1.807) is 42.1 Å². The molecule has 25 heavy (non-hydrogen) atoms. The van der Waals surface area contributed by atoms with E-state index in [0.717, 1.165) is 11.1 Å². The van der Waals surface area contributed by atoms with Crippen LogP contribution in [0, 0.1) is 0 Å². The molecule has 2 rings (SSSR count). The molecule has 0 aliphatic carbocycles. The molecule has 0 saturated carbocycles. The van der Waals surface area contributed by atoms with Gasteiger partial charge in [0.05, 0.1) is 4.47 Å². The van der Waals surface area contributed by atoms with Gasteiger partial charge >= 0.3 is 13.8 Å². The molecule has 0 saturated heterocycles. The minimum atomic E-state index is -5.00. The standard InChI is InChI=1S/C15H12BrCl2F2O3PS/c16-12-5-9(1-4-14(12)23-24(21,22)15(19)20)7-25-8-10-6-11(17)2-3-13(10)18/h1-6,15H,7-8H2,(H,21,22). The summed E-state index contributed by atoms with van der Waals surface area (Å²) in [4.78, 5) is 9.09. The first-order valence-electron chi connectivity index (χ1n) is 6.79. The van der Waals surface area contributed by atoms with Crippen LogP contribution in [0.3, 0.4) is 0 Å². The van der Waals surface area contributed by atoms with Crippen molar-refractivity contribution < 1.29 is 22.8 Å². The second-order valence-electron chi connectivity index (χ2n) is 4.93. The van der Waals surface area contributed by atoms with Gasteiger partial charge in [0, 0.05) is 21.6 Å². The number of rotatable bonds is 7. The molecule has 0 aromatic heterocycles. The van der Waals surface area contributed by atoms with Gasteiger partial charge in [-0.2, -0.15) is 20.5 Å². The van der Waals surface area contributed by atoms with Crippen molar-refractivity contribution in [1.29, 1.82) is 0 Å². The molecule has 136 valence electrons. The molecule has 1 N–H and O–H groups in total. The predicted molar refractivity (Wildman–Crippen MR) is 102 cm³/mol. The van der Waals surface area contributed by atoms with E-state index in [-0.39, 0.29) is 5.75 Å². The third-order valence-electron chi connectivity index (χ3n) is 3.01. The van der Waals surface area contributed by atoms with Gasteiger partial charge in [-0.1, -0.05) is 29.3 Å². The Bertz CT molecular complexity index is 810. The summed E-state index contributed by atoms with van der Waals surface area (Å²) in [6.45, 7) is 0. The molecule has 3 nitrogen and oxygen atoms in total. The summed E-state index contributed by atoms with van der Waals surface area (Å²) >= 11 is 16.8. The van der Waals surface area contributed by atoms with Crippen molar-refractivity contribution in [3.05, 3.63) is 62.0 Å². The van der Waals surface area contributed by atoms with Crippen LogP contribution in [0.4, 0.5) is 8.78 Å². The number of alkyl halides is 2. The van der Waals surface area contributed by atoms with Crippen LogP contribution in [-0.4, -0.2) is 11.1 Å². The van der Waals surface area contributed by atoms with Crippen molar-refractivity contribution in [2.45, 2.75) is 17.7 Å². The number of benzene rings is 2. The summed E-state index contributed by atoms with van der Waals surface area (Å²) in [5.41, 5.74) is 1.79. The summed E-state index contributed by atoms with van der Waals surface area (Å²) in [6, 6.07) is 9.90. The third-order valence-corrected chi connectivity index (χ3v) is 6.23. The Morgan fingerprint density at radius 3 is 2.56 bits per heavy atom. The summed E-state index contributed by atoms with van der Waals surface area (Å²) in [6.07, 6.45) is -3.46. The van der Waals surface area contributed by atoms with E-state index < -0.39 is 13.8 Å². The average molecular weight is 492 g/mol. The van der Waals surface area contributed by atoms with Crippen molar-refractivity contribution in [3.63, 3.8) is 0 Å². The Balaban J connectivity index is 1.99. The fraction of sp³-hybridized carbons (Fsp3) is 0.200. The summed E-state index contributed by atoms with van der Waals surface area (Å²) < 4.78 is 40.9. The van der Waals surface area contributed by atoms with Crippen LogP contribution >= 0.6 is 58.5 Å². The quantitative estimate of drug-likeness (QED) is 0.424. The van der Waals surface area contributed by atoms with Crippen molar-refractivity contribution in [2.75, 3.05) is 0 Å². The van der Waals surface area contributed by atoms with Crippen molar-refractivity contribution in [3.8, 4) is 5.75 Å². The predicted octanol–water partition coefficient (Wildman–Crippen LogP) is 6.98. The van der Waals surface area contributed by atoms with E-state index in [0.29, 0.717) is 26.0 Å². The van der Waals surface area contributed by atoms with E-state index in [9.17, 15) is 13.3 Å². The maximum atomic E-state index is 12.4. The number of hydrogen-bond donors (Lipinski definition) is 1. The van der Waals surface area contributed by atoms with E-state index in [1.807, 2.05) is 0 Å². The molecule has 0 spiro atoms. The molecule has 0 fully saturated rings. The summed E-state index contributed by atoms with van der Waals surface area (Å²) in [5, 5.41) is 1.24. The molecule has 0 radical (unpaired) electrons. The van der Waals surface area contributed by atoms with Crippen molar-refractivity contribution in [2.24, 2.45) is 0 Å². The van der Waals surface area contributed by atoms with Crippen LogP contribution < -0.4 is 4.52 Å². The zero-order valence-corrected chi connectivity index (χ0v) is 17.3. The van der Waals surface area contributed by atoms with Gasteiger partial charge < -0.3 is 9.42 Å². The number of halogens is 5. The van der Waals surface area contributed by atoms with Crippen LogP contribution in [0.25, 0.3) is 0 Å². The van der Waals surface area contributed by atoms with Crippen LogP contribution in [0.2, 0.25) is 10.0 Å². The molecule has 0 bridgehead atoms. The molecule has 0 heterocycles. The molecule has 0 aliphatic heterocycles. The normalized spacial score (nSPS) is 13.7. The lowest BCUT2D eigenvalue weighted by Crippen LogP contribution is -2.01. The van der Waals surface area contributed by atoms with Gasteiger partial charge in [0.15, 0.2) is 0 Å². The number of thioether (sulfide) groups is 1. The maximum absolute atomic E-state index is 12.4. The molecule has 2 aromatic carbocycles. The Labute approximate surface area is 166 Å². The second kappa shape index (κ2) is 9.07. The molecular weight excluding hydrogens is 480 g/mol. The monoisotopic (exact) mass is 490 g/mol. The molecule has 10 heteroatoms. The lowest BCUT2D eigenvalue weighted by molar-refractivity contribution is 0.188. The smallest absolute Gasteiger partial charge is 0.420 e. The fourth-order valence-electron chi connectivity index (χ4n) is 1.82. The van der Waals surface area contributed by atoms with Gasteiger partial charge in [-0.3, -0.25) is 0 Å². The van der Waals surface area contributed by atoms with Crippen LogP contribution in [0.5, 0.6) is 5.75 Å². The Hall–Kier alpha value is -0.300.